The number of pyridine rings is 1. The van der Waals surface area contributed by atoms with Crippen LogP contribution in [0.3, 0.4) is 0 Å². The van der Waals surface area contributed by atoms with E-state index in [2.05, 4.69) is 16.8 Å². The smallest absolute Gasteiger partial charge is 0.475 e. The lowest BCUT2D eigenvalue weighted by molar-refractivity contribution is -0.192. The highest BCUT2D eigenvalue weighted by Gasteiger charge is 2.51. The lowest BCUT2D eigenvalue weighted by Gasteiger charge is -2.52. The third-order valence-electron chi connectivity index (χ3n) is 7.15. The summed E-state index contributed by atoms with van der Waals surface area (Å²) in [5.74, 6) is -2.27. The Morgan fingerprint density at radius 1 is 1.14 bits per heavy atom. The van der Waals surface area contributed by atoms with Gasteiger partial charge in [-0.1, -0.05) is 6.92 Å². The van der Waals surface area contributed by atoms with Crippen molar-refractivity contribution in [1.82, 2.24) is 14.8 Å². The van der Waals surface area contributed by atoms with Gasteiger partial charge in [-0.15, -0.1) is 0 Å². The van der Waals surface area contributed by atoms with E-state index in [9.17, 15) is 22.8 Å². The number of carbonyl (C=O) groups excluding carboxylic acids is 2. The first-order chi connectivity index (χ1) is 17.0. The maximum atomic E-state index is 13.7. The first-order valence-corrected chi connectivity index (χ1v) is 12.2. The zero-order valence-corrected chi connectivity index (χ0v) is 20.6. The molecule has 0 unspecified atom stereocenters. The molecule has 1 N–H and O–H groups in total. The minimum Gasteiger partial charge on any atom is -0.475 e. The Kier molecular flexibility index (Phi) is 8.93. The monoisotopic (exact) mass is 514 g/mol. The van der Waals surface area contributed by atoms with Crippen molar-refractivity contribution in [3.63, 3.8) is 0 Å². The van der Waals surface area contributed by atoms with Gasteiger partial charge >= 0.3 is 12.1 Å². The Morgan fingerprint density at radius 3 is 2.25 bits per heavy atom. The number of ether oxygens (including phenoxy) is 1. The molecular weight excluding hydrogens is 481 g/mol. The number of carboxylic acids is 1. The minimum atomic E-state index is -5.08. The summed E-state index contributed by atoms with van der Waals surface area (Å²) in [6.45, 7) is 9.11. The van der Waals surface area contributed by atoms with E-state index in [1.54, 1.807) is 6.20 Å². The van der Waals surface area contributed by atoms with Gasteiger partial charge in [-0.2, -0.15) is 13.2 Å². The van der Waals surface area contributed by atoms with E-state index in [-0.39, 0.29) is 17.7 Å². The number of hydrogen-bond acceptors (Lipinski definition) is 6. The van der Waals surface area contributed by atoms with Crippen molar-refractivity contribution in [3.8, 4) is 0 Å². The zero-order chi connectivity index (χ0) is 26.5. The zero-order valence-electron chi connectivity index (χ0n) is 20.6. The number of aromatic nitrogens is 1. The van der Waals surface area contributed by atoms with E-state index in [4.69, 9.17) is 14.6 Å². The molecule has 3 fully saturated rings. The fourth-order valence-corrected chi connectivity index (χ4v) is 5.08. The van der Waals surface area contributed by atoms with Crippen LogP contribution in [0, 0.1) is 12.8 Å². The number of piperazine rings is 1. The summed E-state index contributed by atoms with van der Waals surface area (Å²) in [5, 5.41) is 7.12. The number of likely N-dealkylation sites (tertiary alicyclic amines) is 1. The second kappa shape index (κ2) is 11.5. The molecule has 2 amide bonds. The molecule has 1 aromatic heterocycles. The fourth-order valence-electron chi connectivity index (χ4n) is 5.08. The third-order valence-corrected chi connectivity index (χ3v) is 7.15. The van der Waals surface area contributed by atoms with Gasteiger partial charge in [0.1, 0.15) is 5.54 Å². The van der Waals surface area contributed by atoms with Crippen LogP contribution in [0.25, 0.3) is 0 Å². The summed E-state index contributed by atoms with van der Waals surface area (Å²) < 4.78 is 37.1. The van der Waals surface area contributed by atoms with Gasteiger partial charge in [0, 0.05) is 51.0 Å². The molecule has 3 aliphatic heterocycles. The molecule has 0 aliphatic carbocycles. The van der Waals surface area contributed by atoms with Crippen molar-refractivity contribution < 1.29 is 37.4 Å². The predicted octanol–water partition coefficient (Wildman–Crippen LogP) is 2.48. The minimum absolute atomic E-state index is 0.0808. The summed E-state index contributed by atoms with van der Waals surface area (Å²) in [7, 11) is 0. The number of likely N-dealkylation sites (N-methyl/N-ethyl adjacent to an activating group) is 1. The van der Waals surface area contributed by atoms with E-state index in [0.717, 1.165) is 37.3 Å². The lowest BCUT2D eigenvalue weighted by atomic mass is 9.81. The molecule has 0 aromatic carbocycles. The summed E-state index contributed by atoms with van der Waals surface area (Å²) in [6, 6.07) is 3.94. The van der Waals surface area contributed by atoms with E-state index in [1.807, 2.05) is 28.9 Å². The van der Waals surface area contributed by atoms with Gasteiger partial charge in [0.2, 0.25) is 11.8 Å². The number of hydrogen-bond donors (Lipinski definition) is 1. The summed E-state index contributed by atoms with van der Waals surface area (Å²) in [6.07, 6.45) is -0.259. The predicted molar refractivity (Wildman–Crippen MR) is 124 cm³/mol. The van der Waals surface area contributed by atoms with E-state index in [1.165, 1.54) is 0 Å². The molecule has 200 valence electrons. The topological polar surface area (TPSA) is 103 Å². The Morgan fingerprint density at radius 2 is 1.75 bits per heavy atom. The number of aryl methyl sites for hydroxylation is 1. The van der Waals surface area contributed by atoms with Gasteiger partial charge in [0.25, 0.3) is 0 Å². The van der Waals surface area contributed by atoms with Crippen LogP contribution in [0.4, 0.5) is 18.9 Å². The van der Waals surface area contributed by atoms with Gasteiger partial charge in [-0.3, -0.25) is 19.5 Å². The van der Waals surface area contributed by atoms with Crippen LogP contribution in [0.5, 0.6) is 0 Å². The Labute approximate surface area is 208 Å². The Bertz CT molecular complexity index is 927. The summed E-state index contributed by atoms with van der Waals surface area (Å²) in [4.78, 5) is 46.1. The molecule has 0 atom stereocenters. The van der Waals surface area contributed by atoms with Crippen LogP contribution in [-0.4, -0.2) is 95.3 Å². The number of carboxylic acid groups (broad SMARTS) is 1. The van der Waals surface area contributed by atoms with Gasteiger partial charge in [-0.05, 0) is 51.3 Å². The van der Waals surface area contributed by atoms with Crippen molar-refractivity contribution in [2.75, 3.05) is 50.8 Å². The number of halogens is 3. The molecule has 4 heterocycles. The average Bonchev–Trinajstić information content (AvgIpc) is 2.87. The Hall–Kier alpha value is -2.73. The number of rotatable bonds is 3. The molecule has 36 heavy (non-hydrogen) atoms. The fraction of sp³-hybridized carbons (Fsp3) is 0.667. The third kappa shape index (κ3) is 6.15. The highest BCUT2D eigenvalue weighted by atomic mass is 19.4. The van der Waals surface area contributed by atoms with E-state index < -0.39 is 17.7 Å². The van der Waals surface area contributed by atoms with Crippen molar-refractivity contribution in [2.24, 2.45) is 5.92 Å². The second-order valence-electron chi connectivity index (χ2n) is 9.24. The molecule has 0 saturated carbocycles. The highest BCUT2D eigenvalue weighted by molar-refractivity contribution is 6.01. The standard InChI is InChI=1S/C22H32N4O3.C2HF3O2/c1-3-25-12-13-26(19-5-4-17(2)23-16-19)21(28)22(25)8-10-24(11-9-22)20(27)18-6-14-29-15-7-18;3-2(4,5)1(6)7/h4-5,16,18H,3,6-15H2,1-2H3;(H,6,7). The van der Waals surface area contributed by atoms with Crippen LogP contribution >= 0.6 is 0 Å². The van der Waals surface area contributed by atoms with Gasteiger partial charge in [0.05, 0.1) is 11.9 Å². The maximum Gasteiger partial charge on any atom is 0.490 e. The number of anilines is 1. The van der Waals surface area contributed by atoms with Gasteiger partial charge < -0.3 is 19.6 Å². The molecular formula is C24H33F3N4O5. The summed E-state index contributed by atoms with van der Waals surface area (Å²) >= 11 is 0. The van der Waals surface area contributed by atoms with Crippen LogP contribution in [0.1, 0.15) is 38.3 Å². The molecule has 3 aliphatic rings. The van der Waals surface area contributed by atoms with Gasteiger partial charge in [-0.25, -0.2) is 4.79 Å². The summed E-state index contributed by atoms with van der Waals surface area (Å²) in [5.41, 5.74) is 1.31. The maximum absolute atomic E-state index is 13.7. The second-order valence-corrected chi connectivity index (χ2v) is 9.24. The number of carbonyl (C=O) groups is 3. The normalized spacial score (nSPS) is 21.2. The molecule has 9 nitrogen and oxygen atoms in total. The molecule has 0 radical (unpaired) electrons. The quantitative estimate of drug-likeness (QED) is 0.661. The Balaban J connectivity index is 0.000000454. The number of amides is 2. The first kappa shape index (κ1) is 27.9. The molecule has 1 aromatic rings. The molecule has 1 spiro atoms. The molecule has 3 saturated heterocycles. The van der Waals surface area contributed by atoms with Crippen LogP contribution in [0.15, 0.2) is 18.3 Å². The van der Waals surface area contributed by atoms with Crippen LogP contribution < -0.4 is 4.90 Å². The van der Waals surface area contributed by atoms with Crippen molar-refractivity contribution in [1.29, 1.82) is 0 Å². The molecule has 4 rings (SSSR count). The van der Waals surface area contributed by atoms with Gasteiger partial charge in [0.15, 0.2) is 0 Å². The number of alkyl halides is 3. The lowest BCUT2D eigenvalue weighted by Crippen LogP contribution is -2.69. The van der Waals surface area contributed by atoms with Crippen molar-refractivity contribution in [3.05, 3.63) is 24.0 Å². The van der Waals surface area contributed by atoms with E-state index >= 15 is 0 Å². The molecule has 0 bridgehead atoms. The molecule has 12 heteroatoms. The van der Waals surface area contributed by atoms with E-state index in [0.29, 0.717) is 45.7 Å². The highest BCUT2D eigenvalue weighted by Crippen LogP contribution is 2.36. The average molecular weight is 515 g/mol. The largest absolute Gasteiger partial charge is 0.490 e. The van der Waals surface area contributed by atoms with Crippen molar-refractivity contribution in [2.45, 2.75) is 51.2 Å². The number of nitrogens with zero attached hydrogens (tertiary/aromatic N) is 4. The van der Waals surface area contributed by atoms with Crippen molar-refractivity contribution >= 4 is 23.5 Å². The van der Waals surface area contributed by atoms with Crippen LogP contribution in [0.2, 0.25) is 0 Å². The van der Waals surface area contributed by atoms with Crippen LogP contribution in [-0.2, 0) is 19.1 Å². The number of aliphatic carboxylic acids is 1. The first-order valence-electron chi connectivity index (χ1n) is 12.2. The SMILES string of the molecule is CCN1CCN(c2ccc(C)nc2)C(=O)C12CCN(C(=O)C1CCOCC1)CC2.O=C(O)C(F)(F)F. The number of piperidine rings is 1.